The second kappa shape index (κ2) is 7.30. The smallest absolute Gasteiger partial charge is 0.258 e. The van der Waals surface area contributed by atoms with Crippen LogP contribution >= 0.6 is 15.9 Å². The first-order valence-electron chi connectivity index (χ1n) is 11.0. The molecule has 2 aromatic rings. The maximum atomic E-state index is 13.6. The van der Waals surface area contributed by atoms with Gasteiger partial charge >= 0.3 is 0 Å². The van der Waals surface area contributed by atoms with Crippen molar-refractivity contribution >= 4 is 38.3 Å². The molecular formula is C25H28BrNO2S. The molecule has 0 aromatic heterocycles. The summed E-state index contributed by atoms with van der Waals surface area (Å²) in [6, 6.07) is 13.7. The molecule has 1 atom stereocenters. The van der Waals surface area contributed by atoms with Gasteiger partial charge in [0.15, 0.2) is 0 Å². The molecule has 5 heteroatoms. The number of benzene rings is 2. The van der Waals surface area contributed by atoms with Crippen LogP contribution in [0.3, 0.4) is 0 Å². The molecule has 2 aromatic carbocycles. The Hall–Kier alpha value is -1.46. The van der Waals surface area contributed by atoms with Gasteiger partial charge in [0.25, 0.3) is 5.91 Å². The summed E-state index contributed by atoms with van der Waals surface area (Å²) < 4.78 is 13.6. The monoisotopic (exact) mass is 485 g/mol. The summed E-state index contributed by atoms with van der Waals surface area (Å²) in [7, 11) is -1.10. The van der Waals surface area contributed by atoms with Gasteiger partial charge < -0.3 is 4.90 Å². The Morgan fingerprint density at radius 3 is 2.40 bits per heavy atom. The summed E-state index contributed by atoms with van der Waals surface area (Å²) in [6.45, 7) is 4.64. The van der Waals surface area contributed by atoms with E-state index >= 15 is 0 Å². The van der Waals surface area contributed by atoms with E-state index in [9.17, 15) is 9.00 Å². The molecule has 0 saturated heterocycles. The van der Waals surface area contributed by atoms with Crippen LogP contribution in [0.1, 0.15) is 68.3 Å². The van der Waals surface area contributed by atoms with Gasteiger partial charge in [0.2, 0.25) is 0 Å². The largest absolute Gasteiger partial charge is 0.307 e. The van der Waals surface area contributed by atoms with E-state index < -0.39 is 10.8 Å². The second-order valence-corrected chi connectivity index (χ2v) is 12.6. The summed E-state index contributed by atoms with van der Waals surface area (Å²) >= 11 is 3.65. The fourth-order valence-electron chi connectivity index (χ4n) is 5.37. The molecule has 30 heavy (non-hydrogen) atoms. The summed E-state index contributed by atoms with van der Waals surface area (Å²) in [4.78, 5) is 16.3. The molecule has 0 bridgehead atoms. The van der Waals surface area contributed by atoms with Gasteiger partial charge in [-0.2, -0.15) is 0 Å². The number of rotatable bonds is 3. The van der Waals surface area contributed by atoms with Crippen molar-refractivity contribution in [2.24, 2.45) is 5.41 Å². The highest BCUT2D eigenvalue weighted by Crippen LogP contribution is 2.62. The number of carbonyl (C=O) groups is 1. The van der Waals surface area contributed by atoms with Crippen molar-refractivity contribution in [3.8, 4) is 0 Å². The standard InChI is InChI=1S/C25H28BrNO2S/c1-17(2)30(29)20-5-3-4-18(14-20)23(28)27-16-25(12-10-24(8-9-24)11-13-25)21-15-19(26)6-7-22(21)27/h3-7,14-15,17H,8-13,16H2,1-2H3. The summed E-state index contributed by atoms with van der Waals surface area (Å²) in [5.41, 5.74) is 3.68. The van der Waals surface area contributed by atoms with Gasteiger partial charge in [0.1, 0.15) is 0 Å². The minimum Gasteiger partial charge on any atom is -0.307 e. The van der Waals surface area contributed by atoms with Gasteiger partial charge in [-0.3, -0.25) is 9.00 Å². The molecule has 0 radical (unpaired) electrons. The molecule has 2 saturated carbocycles. The topological polar surface area (TPSA) is 37.4 Å². The third-order valence-electron chi connectivity index (χ3n) is 7.49. The van der Waals surface area contributed by atoms with E-state index in [0.29, 0.717) is 11.0 Å². The summed E-state index contributed by atoms with van der Waals surface area (Å²) in [6.07, 6.45) is 7.66. The number of fused-ring (bicyclic) bond motifs is 2. The van der Waals surface area contributed by atoms with Gasteiger partial charge in [-0.05, 0) is 85.9 Å². The summed E-state index contributed by atoms with van der Waals surface area (Å²) in [5, 5.41) is 0.0282. The van der Waals surface area contributed by atoms with E-state index in [1.165, 1.54) is 31.2 Å². The Morgan fingerprint density at radius 2 is 1.73 bits per heavy atom. The van der Waals surface area contributed by atoms with Crippen LogP contribution in [0.2, 0.25) is 0 Å². The lowest BCUT2D eigenvalue weighted by Crippen LogP contribution is -2.40. The SMILES string of the molecule is CC(C)S(=O)c1cccc(C(=O)N2CC3(CCC4(CC4)CC3)c3cc(Br)ccc32)c1. The maximum absolute atomic E-state index is 13.6. The average Bonchev–Trinajstić information content (AvgIpc) is 3.45. The molecular weight excluding hydrogens is 458 g/mol. The number of hydrogen-bond acceptors (Lipinski definition) is 2. The predicted molar refractivity (Wildman–Crippen MR) is 126 cm³/mol. The first-order chi connectivity index (χ1) is 14.3. The van der Waals surface area contributed by atoms with Crippen LogP contribution < -0.4 is 4.90 Å². The lowest BCUT2D eigenvalue weighted by molar-refractivity contribution is 0.0980. The van der Waals surface area contributed by atoms with Crippen molar-refractivity contribution < 1.29 is 9.00 Å². The predicted octanol–water partition coefficient (Wildman–Crippen LogP) is 6.22. The van der Waals surface area contributed by atoms with E-state index in [1.807, 2.05) is 49.1 Å². The van der Waals surface area contributed by atoms with E-state index in [-0.39, 0.29) is 16.6 Å². The van der Waals surface area contributed by atoms with Crippen LogP contribution in [0.4, 0.5) is 5.69 Å². The van der Waals surface area contributed by atoms with Crippen molar-refractivity contribution in [2.45, 2.75) is 67.9 Å². The molecule has 1 heterocycles. The lowest BCUT2D eigenvalue weighted by Gasteiger charge is -2.38. The van der Waals surface area contributed by atoms with Crippen molar-refractivity contribution in [3.63, 3.8) is 0 Å². The number of halogens is 1. The highest BCUT2D eigenvalue weighted by molar-refractivity contribution is 9.10. The van der Waals surface area contributed by atoms with Crippen LogP contribution in [0.25, 0.3) is 0 Å². The molecule has 1 unspecified atom stereocenters. The number of nitrogens with zero attached hydrogens (tertiary/aromatic N) is 1. The molecule has 158 valence electrons. The van der Waals surface area contributed by atoms with Crippen LogP contribution in [0.5, 0.6) is 0 Å². The van der Waals surface area contributed by atoms with Crippen molar-refractivity contribution in [2.75, 3.05) is 11.4 Å². The van der Waals surface area contributed by atoms with Gasteiger partial charge in [-0.1, -0.05) is 35.8 Å². The Labute approximate surface area is 189 Å². The highest BCUT2D eigenvalue weighted by Gasteiger charge is 2.53. The molecule has 1 amide bonds. The van der Waals surface area contributed by atoms with Crippen molar-refractivity contribution in [3.05, 3.63) is 58.1 Å². The van der Waals surface area contributed by atoms with Gasteiger partial charge in [0, 0.05) is 37.8 Å². The van der Waals surface area contributed by atoms with Crippen LogP contribution in [0, 0.1) is 5.41 Å². The minimum absolute atomic E-state index is 0.0183. The van der Waals surface area contributed by atoms with E-state index in [2.05, 4.69) is 28.1 Å². The molecule has 3 aliphatic rings. The first-order valence-corrected chi connectivity index (χ1v) is 13.0. The zero-order valence-electron chi connectivity index (χ0n) is 17.6. The normalized spacial score (nSPS) is 21.8. The first kappa shape index (κ1) is 20.4. The molecule has 2 fully saturated rings. The van der Waals surface area contributed by atoms with Gasteiger partial charge in [-0.25, -0.2) is 0 Å². The van der Waals surface area contributed by atoms with Crippen molar-refractivity contribution in [1.82, 2.24) is 0 Å². The number of amides is 1. The molecule has 1 aliphatic heterocycles. The number of hydrogen-bond donors (Lipinski definition) is 0. The quantitative estimate of drug-likeness (QED) is 0.517. The Morgan fingerprint density at radius 1 is 1.03 bits per heavy atom. The van der Waals surface area contributed by atoms with Gasteiger partial charge in [0.05, 0.1) is 10.8 Å². The highest BCUT2D eigenvalue weighted by atomic mass is 79.9. The van der Waals surface area contributed by atoms with Crippen molar-refractivity contribution in [1.29, 1.82) is 0 Å². The molecule has 3 nitrogen and oxygen atoms in total. The van der Waals surface area contributed by atoms with Crippen LogP contribution in [0.15, 0.2) is 51.8 Å². The second-order valence-electron chi connectivity index (χ2n) is 9.71. The molecule has 5 rings (SSSR count). The summed E-state index contributed by atoms with van der Waals surface area (Å²) in [5.74, 6) is 0.0183. The Kier molecular flexibility index (Phi) is 4.98. The van der Waals surface area contributed by atoms with E-state index in [4.69, 9.17) is 0 Å². The molecule has 2 spiro atoms. The third-order valence-corrected chi connectivity index (χ3v) is 9.56. The third kappa shape index (κ3) is 3.38. The maximum Gasteiger partial charge on any atom is 0.258 e. The van der Waals surface area contributed by atoms with E-state index in [1.54, 1.807) is 0 Å². The number of carbonyl (C=O) groups excluding carboxylic acids is 1. The molecule has 0 N–H and O–H groups in total. The minimum atomic E-state index is -1.10. The lowest BCUT2D eigenvalue weighted by atomic mass is 9.66. The van der Waals surface area contributed by atoms with Crippen LogP contribution in [-0.4, -0.2) is 21.9 Å². The number of anilines is 1. The van der Waals surface area contributed by atoms with Crippen LogP contribution in [-0.2, 0) is 16.2 Å². The fraction of sp³-hybridized carbons (Fsp3) is 0.480. The Balaban J connectivity index is 1.49. The average molecular weight is 486 g/mol. The zero-order valence-corrected chi connectivity index (χ0v) is 20.0. The fourth-order valence-corrected chi connectivity index (χ4v) is 6.73. The molecule has 2 aliphatic carbocycles. The van der Waals surface area contributed by atoms with E-state index in [0.717, 1.165) is 34.4 Å². The zero-order chi connectivity index (χ0) is 21.1. The Bertz CT molecular complexity index is 1030. The van der Waals surface area contributed by atoms with Gasteiger partial charge in [-0.15, -0.1) is 0 Å².